The first kappa shape index (κ1) is 21.8. The Morgan fingerprint density at radius 2 is 1.55 bits per heavy atom. The van der Waals surface area contributed by atoms with Crippen LogP contribution in [0, 0.1) is 6.92 Å². The minimum Gasteiger partial charge on any atom is -0.507 e. The van der Waals surface area contributed by atoms with Gasteiger partial charge in [0.15, 0.2) is 11.5 Å². The molecule has 0 aliphatic heterocycles. The number of benzene rings is 4. The Balaban J connectivity index is 1.82. The molecule has 4 rings (SSSR count). The van der Waals surface area contributed by atoms with Gasteiger partial charge in [0.1, 0.15) is 5.75 Å². The van der Waals surface area contributed by atoms with E-state index in [-0.39, 0.29) is 11.5 Å². The van der Waals surface area contributed by atoms with E-state index in [2.05, 4.69) is 4.99 Å². The highest BCUT2D eigenvalue weighted by Crippen LogP contribution is 2.33. The van der Waals surface area contributed by atoms with E-state index in [0.29, 0.717) is 34.0 Å². The van der Waals surface area contributed by atoms with Crippen LogP contribution in [-0.2, 0) is 0 Å². The minimum absolute atomic E-state index is 0.0272. The second-order valence-electron chi connectivity index (χ2n) is 7.49. The maximum atomic E-state index is 10.6. The van der Waals surface area contributed by atoms with Crippen LogP contribution in [0.25, 0.3) is 0 Å². The quantitative estimate of drug-likeness (QED) is 0.347. The third-order valence-electron chi connectivity index (χ3n) is 5.16. The SMILES string of the molecule is COc1cccc(C=Nc2ccccc2N=C(c2ccccc2)c2cc(C)ccc2O)c1O. The lowest BCUT2D eigenvalue weighted by Crippen LogP contribution is -2.04. The van der Waals surface area contributed by atoms with Crippen molar-refractivity contribution in [2.75, 3.05) is 7.11 Å². The van der Waals surface area contributed by atoms with Gasteiger partial charge in [-0.2, -0.15) is 0 Å². The summed E-state index contributed by atoms with van der Waals surface area (Å²) in [5.74, 6) is 0.566. The van der Waals surface area contributed by atoms with Gasteiger partial charge >= 0.3 is 0 Å². The number of para-hydroxylation sites is 3. The number of rotatable bonds is 6. The number of ether oxygens (including phenoxy) is 1. The summed E-state index contributed by atoms with van der Waals surface area (Å²) in [5, 5.41) is 21.0. The van der Waals surface area contributed by atoms with Gasteiger partial charge in [-0.15, -0.1) is 0 Å². The molecule has 33 heavy (non-hydrogen) atoms. The summed E-state index contributed by atoms with van der Waals surface area (Å²) in [6.45, 7) is 1.98. The molecule has 0 radical (unpaired) electrons. The Kier molecular flexibility index (Phi) is 6.51. The van der Waals surface area contributed by atoms with E-state index >= 15 is 0 Å². The lowest BCUT2D eigenvalue weighted by molar-refractivity contribution is 0.373. The smallest absolute Gasteiger partial charge is 0.166 e. The van der Waals surface area contributed by atoms with Crippen LogP contribution in [0.5, 0.6) is 17.2 Å². The molecule has 0 saturated heterocycles. The number of hydrogen-bond acceptors (Lipinski definition) is 5. The Bertz CT molecular complexity index is 1330. The van der Waals surface area contributed by atoms with Crippen LogP contribution < -0.4 is 4.74 Å². The zero-order chi connectivity index (χ0) is 23.2. The fourth-order valence-corrected chi connectivity index (χ4v) is 3.45. The van der Waals surface area contributed by atoms with E-state index in [0.717, 1.165) is 11.1 Å². The molecule has 5 nitrogen and oxygen atoms in total. The number of nitrogens with zero attached hydrogens (tertiary/aromatic N) is 2. The van der Waals surface area contributed by atoms with E-state index < -0.39 is 0 Å². The number of hydrogen-bond donors (Lipinski definition) is 2. The molecule has 4 aromatic rings. The number of aliphatic imine (C=N–C) groups is 2. The van der Waals surface area contributed by atoms with Crippen molar-refractivity contribution in [1.29, 1.82) is 0 Å². The molecular formula is C28H24N2O3. The zero-order valence-corrected chi connectivity index (χ0v) is 18.4. The molecule has 0 bridgehead atoms. The Hall–Kier alpha value is -4.38. The van der Waals surface area contributed by atoms with Gasteiger partial charge in [0.25, 0.3) is 0 Å². The molecule has 0 spiro atoms. The fraction of sp³-hybridized carbons (Fsp3) is 0.0714. The highest BCUT2D eigenvalue weighted by Gasteiger charge is 2.13. The summed E-state index contributed by atoms with van der Waals surface area (Å²) in [6.07, 6.45) is 1.58. The van der Waals surface area contributed by atoms with Gasteiger partial charge in [0, 0.05) is 22.9 Å². The minimum atomic E-state index is 0.0272. The van der Waals surface area contributed by atoms with Gasteiger partial charge < -0.3 is 14.9 Å². The Labute approximate surface area is 193 Å². The number of aromatic hydroxyl groups is 2. The first-order valence-corrected chi connectivity index (χ1v) is 10.5. The van der Waals surface area contributed by atoms with Crippen LogP contribution >= 0.6 is 0 Å². The monoisotopic (exact) mass is 436 g/mol. The normalized spacial score (nSPS) is 11.6. The van der Waals surface area contributed by atoms with Crippen molar-refractivity contribution in [3.8, 4) is 17.2 Å². The summed E-state index contributed by atoms with van der Waals surface area (Å²) in [5.41, 5.74) is 4.98. The molecule has 164 valence electrons. The topological polar surface area (TPSA) is 74.4 Å². The predicted molar refractivity (Wildman–Crippen MR) is 133 cm³/mol. The molecule has 0 amide bonds. The number of phenolic OH excluding ortho intramolecular Hbond substituents is 2. The molecule has 0 aliphatic carbocycles. The first-order valence-electron chi connectivity index (χ1n) is 10.5. The van der Waals surface area contributed by atoms with E-state index in [1.54, 1.807) is 30.5 Å². The van der Waals surface area contributed by atoms with E-state index in [1.165, 1.54) is 7.11 Å². The molecule has 0 heterocycles. The molecule has 0 saturated carbocycles. The summed E-state index contributed by atoms with van der Waals surface area (Å²) in [6, 6.07) is 27.9. The molecule has 2 N–H and O–H groups in total. The van der Waals surface area contributed by atoms with Crippen molar-refractivity contribution in [3.63, 3.8) is 0 Å². The fourth-order valence-electron chi connectivity index (χ4n) is 3.45. The van der Waals surface area contributed by atoms with E-state index in [4.69, 9.17) is 9.73 Å². The van der Waals surface area contributed by atoms with Gasteiger partial charge in [0.05, 0.1) is 24.2 Å². The van der Waals surface area contributed by atoms with Gasteiger partial charge in [-0.05, 0) is 43.3 Å². The van der Waals surface area contributed by atoms with Gasteiger partial charge in [-0.1, -0.05) is 60.2 Å². The number of phenols is 2. The molecule has 4 aromatic carbocycles. The van der Waals surface area contributed by atoms with Gasteiger partial charge in [-0.3, -0.25) is 4.99 Å². The molecule has 0 atom stereocenters. The first-order chi connectivity index (χ1) is 16.1. The van der Waals surface area contributed by atoms with Crippen molar-refractivity contribution in [3.05, 3.63) is 113 Å². The largest absolute Gasteiger partial charge is 0.507 e. The third kappa shape index (κ3) is 4.93. The lowest BCUT2D eigenvalue weighted by Gasteiger charge is -2.11. The molecule has 0 fully saturated rings. The molecule has 0 unspecified atom stereocenters. The summed E-state index contributed by atoms with van der Waals surface area (Å²) < 4.78 is 5.18. The predicted octanol–water partition coefficient (Wildman–Crippen LogP) is 6.33. The third-order valence-corrected chi connectivity index (χ3v) is 5.16. The number of methoxy groups -OCH3 is 1. The van der Waals surface area contributed by atoms with E-state index in [9.17, 15) is 10.2 Å². The van der Waals surface area contributed by atoms with Crippen molar-refractivity contribution in [2.45, 2.75) is 6.92 Å². The van der Waals surface area contributed by atoms with Gasteiger partial charge in [0.2, 0.25) is 0 Å². The van der Waals surface area contributed by atoms with Crippen molar-refractivity contribution < 1.29 is 14.9 Å². The van der Waals surface area contributed by atoms with Crippen LogP contribution in [0.2, 0.25) is 0 Å². The lowest BCUT2D eigenvalue weighted by atomic mass is 9.99. The second-order valence-corrected chi connectivity index (χ2v) is 7.49. The van der Waals surface area contributed by atoms with Crippen LogP contribution in [-0.4, -0.2) is 29.2 Å². The highest BCUT2D eigenvalue weighted by atomic mass is 16.5. The Morgan fingerprint density at radius 3 is 2.30 bits per heavy atom. The van der Waals surface area contributed by atoms with Crippen LogP contribution in [0.15, 0.2) is 101 Å². The van der Waals surface area contributed by atoms with E-state index in [1.807, 2.05) is 73.7 Å². The zero-order valence-electron chi connectivity index (χ0n) is 18.4. The van der Waals surface area contributed by atoms with Crippen LogP contribution in [0.3, 0.4) is 0 Å². The maximum Gasteiger partial charge on any atom is 0.166 e. The van der Waals surface area contributed by atoms with Gasteiger partial charge in [-0.25, -0.2) is 4.99 Å². The van der Waals surface area contributed by atoms with Crippen molar-refractivity contribution in [2.24, 2.45) is 9.98 Å². The molecular weight excluding hydrogens is 412 g/mol. The molecule has 0 aromatic heterocycles. The summed E-state index contributed by atoms with van der Waals surface area (Å²) in [4.78, 5) is 9.51. The molecule has 0 aliphatic rings. The second kappa shape index (κ2) is 9.83. The maximum absolute atomic E-state index is 10.6. The van der Waals surface area contributed by atoms with Crippen molar-refractivity contribution >= 4 is 23.3 Å². The summed E-state index contributed by atoms with van der Waals surface area (Å²) in [7, 11) is 1.51. The van der Waals surface area contributed by atoms with Crippen molar-refractivity contribution in [1.82, 2.24) is 0 Å². The number of aryl methyl sites for hydroxylation is 1. The Morgan fingerprint density at radius 1 is 0.818 bits per heavy atom. The molecule has 5 heteroatoms. The average Bonchev–Trinajstić information content (AvgIpc) is 2.85. The average molecular weight is 437 g/mol. The summed E-state index contributed by atoms with van der Waals surface area (Å²) >= 11 is 0. The standard InChI is InChI=1S/C28H24N2O3/c1-19-15-16-25(31)22(17-19)27(20-9-4-3-5-10-20)30-24-13-7-6-12-23(24)29-18-21-11-8-14-26(33-2)28(21)32/h3-18,31-32H,1-2H3. The van der Waals surface area contributed by atoms with Crippen LogP contribution in [0.1, 0.15) is 22.3 Å². The highest BCUT2D eigenvalue weighted by molar-refractivity contribution is 6.15. The van der Waals surface area contributed by atoms with Crippen LogP contribution in [0.4, 0.5) is 11.4 Å².